The third-order valence-electron chi connectivity index (χ3n) is 6.16. The molecule has 2 aromatic carbocycles. The molecule has 1 aliphatic rings. The van der Waals surface area contributed by atoms with Crippen molar-refractivity contribution in [2.24, 2.45) is 12.8 Å². The molecule has 4 rings (SSSR count). The van der Waals surface area contributed by atoms with Gasteiger partial charge in [0, 0.05) is 37.6 Å². The van der Waals surface area contributed by atoms with E-state index in [-0.39, 0.29) is 30.1 Å². The van der Waals surface area contributed by atoms with Crippen LogP contribution in [-0.2, 0) is 35.9 Å². The van der Waals surface area contributed by atoms with Gasteiger partial charge in [0.1, 0.15) is 34.4 Å². The lowest BCUT2D eigenvalue weighted by Gasteiger charge is -2.33. The summed E-state index contributed by atoms with van der Waals surface area (Å²) >= 11 is 1.07. The summed E-state index contributed by atoms with van der Waals surface area (Å²) in [5.74, 6) is -2.57. The van der Waals surface area contributed by atoms with Gasteiger partial charge >= 0.3 is 11.9 Å². The van der Waals surface area contributed by atoms with Crippen LogP contribution in [0.3, 0.4) is 0 Å². The Hall–Kier alpha value is -3.74. The number of nitrogens with zero attached hydrogens (tertiary/aromatic N) is 2. The Morgan fingerprint density at radius 3 is 2.53 bits per heavy atom. The van der Waals surface area contributed by atoms with Crippen LogP contribution in [0.1, 0.15) is 28.4 Å². The number of imidazole rings is 1. The Kier molecular flexibility index (Phi) is 7.11. The molecule has 0 saturated carbocycles. The molecule has 190 valence electrons. The van der Waals surface area contributed by atoms with Crippen LogP contribution in [0.2, 0.25) is 0 Å². The number of rotatable bonds is 8. The van der Waals surface area contributed by atoms with Crippen molar-refractivity contribution in [1.29, 1.82) is 0 Å². The van der Waals surface area contributed by atoms with E-state index in [1.165, 1.54) is 24.5 Å². The zero-order chi connectivity index (χ0) is 26.1. The average Bonchev–Trinajstić information content (AvgIpc) is 3.16. The number of benzene rings is 2. The number of aliphatic carboxylic acids is 2. The highest BCUT2D eigenvalue weighted by molar-refractivity contribution is 7.99. The van der Waals surface area contributed by atoms with Crippen LogP contribution in [0.5, 0.6) is 17.2 Å². The highest BCUT2D eigenvalue weighted by atomic mass is 32.2. The number of carbonyl (C=O) groups is 2. The monoisotopic (exact) mass is 514 g/mol. The van der Waals surface area contributed by atoms with E-state index >= 15 is 0 Å². The number of phenols is 3. The Balaban J connectivity index is 1.77. The van der Waals surface area contributed by atoms with Crippen LogP contribution in [-0.4, -0.2) is 59.1 Å². The second kappa shape index (κ2) is 10.1. The van der Waals surface area contributed by atoms with Gasteiger partial charge in [-0.15, -0.1) is 0 Å². The molecular weight excluding hydrogens is 488 g/mol. The lowest BCUT2D eigenvalue weighted by Crippen LogP contribution is -2.45. The Bertz CT molecular complexity index is 1310. The maximum atomic E-state index is 12.0. The molecule has 1 aliphatic heterocycles. The van der Waals surface area contributed by atoms with Gasteiger partial charge in [-0.25, -0.2) is 4.98 Å². The molecule has 0 bridgehead atoms. The first-order chi connectivity index (χ1) is 17.0. The molecule has 0 radical (unpaired) electrons. The van der Waals surface area contributed by atoms with E-state index in [0.29, 0.717) is 33.2 Å². The fourth-order valence-corrected chi connectivity index (χ4v) is 5.45. The van der Waals surface area contributed by atoms with Gasteiger partial charge in [0.2, 0.25) is 0 Å². The van der Waals surface area contributed by atoms with Crippen LogP contribution < -0.4 is 11.1 Å². The molecule has 0 aliphatic carbocycles. The van der Waals surface area contributed by atoms with Gasteiger partial charge in [0.25, 0.3) is 0 Å². The SMILES string of the molecule is Cn1cnc(Sc2c(O)cc(O)c3c2C[C@@H](C(=O)O)N[C@H]3Cc2ccc(O)cc2)c1CC(N)C(=O)O. The minimum atomic E-state index is -1.16. The van der Waals surface area contributed by atoms with Crippen molar-refractivity contribution in [1.82, 2.24) is 14.9 Å². The normalized spacial score (nSPS) is 17.9. The van der Waals surface area contributed by atoms with E-state index in [4.69, 9.17) is 5.73 Å². The highest BCUT2D eigenvalue weighted by Crippen LogP contribution is 2.47. The molecule has 0 fully saturated rings. The third-order valence-corrected chi connectivity index (χ3v) is 7.36. The molecule has 12 heteroatoms. The van der Waals surface area contributed by atoms with Crippen molar-refractivity contribution in [3.8, 4) is 17.2 Å². The summed E-state index contributed by atoms with van der Waals surface area (Å²) < 4.78 is 1.64. The fraction of sp³-hybridized carbons (Fsp3) is 0.292. The topological polar surface area (TPSA) is 191 Å². The second-order valence-electron chi connectivity index (χ2n) is 8.68. The number of hydrogen-bond donors (Lipinski definition) is 7. The van der Waals surface area contributed by atoms with Crippen molar-refractivity contribution in [2.45, 2.75) is 47.3 Å². The summed E-state index contributed by atoms with van der Waals surface area (Å²) in [7, 11) is 1.70. The van der Waals surface area contributed by atoms with E-state index in [0.717, 1.165) is 17.3 Å². The maximum absolute atomic E-state index is 12.0. The molecule has 3 atom stereocenters. The predicted molar refractivity (Wildman–Crippen MR) is 129 cm³/mol. The number of carboxylic acids is 2. The minimum absolute atomic E-state index is 0.00200. The quantitative estimate of drug-likeness (QED) is 0.231. The van der Waals surface area contributed by atoms with E-state index in [9.17, 15) is 35.1 Å². The van der Waals surface area contributed by atoms with Gasteiger partial charge in [-0.05, 0) is 29.7 Å². The number of hydrogen-bond acceptors (Lipinski definition) is 9. The van der Waals surface area contributed by atoms with E-state index in [1.54, 1.807) is 23.7 Å². The summed E-state index contributed by atoms with van der Waals surface area (Å²) in [5, 5.41) is 53.6. The third kappa shape index (κ3) is 5.10. The van der Waals surface area contributed by atoms with Crippen LogP contribution in [0.15, 0.2) is 46.6 Å². The highest BCUT2D eigenvalue weighted by Gasteiger charge is 2.36. The summed E-state index contributed by atoms with van der Waals surface area (Å²) in [4.78, 5) is 27.9. The molecule has 11 nitrogen and oxygen atoms in total. The van der Waals surface area contributed by atoms with E-state index in [1.807, 2.05) is 0 Å². The molecule has 1 aromatic heterocycles. The number of nitrogens with two attached hydrogens (primary N) is 1. The van der Waals surface area contributed by atoms with Crippen LogP contribution in [0, 0.1) is 0 Å². The van der Waals surface area contributed by atoms with E-state index < -0.39 is 30.1 Å². The minimum Gasteiger partial charge on any atom is -0.508 e. The van der Waals surface area contributed by atoms with Crippen molar-refractivity contribution < 1.29 is 35.1 Å². The number of nitrogens with one attached hydrogen (secondary N) is 1. The van der Waals surface area contributed by atoms with Gasteiger partial charge in [-0.3, -0.25) is 14.9 Å². The van der Waals surface area contributed by atoms with Gasteiger partial charge in [-0.1, -0.05) is 23.9 Å². The Morgan fingerprint density at radius 1 is 1.19 bits per heavy atom. The van der Waals surface area contributed by atoms with Gasteiger partial charge in [0.05, 0.1) is 16.9 Å². The molecule has 8 N–H and O–H groups in total. The molecule has 3 aromatic rings. The predicted octanol–water partition coefficient (Wildman–Crippen LogP) is 1.53. The second-order valence-corrected chi connectivity index (χ2v) is 9.68. The molecule has 2 heterocycles. The summed E-state index contributed by atoms with van der Waals surface area (Å²) in [6.07, 6.45) is 1.82. The number of fused-ring (bicyclic) bond motifs is 1. The van der Waals surface area contributed by atoms with Crippen LogP contribution in [0.4, 0.5) is 0 Å². The molecule has 0 saturated heterocycles. The maximum Gasteiger partial charge on any atom is 0.321 e. The first-order valence-corrected chi connectivity index (χ1v) is 11.9. The standard InChI is InChI=1S/C24H26N4O7S/c1-28-10-26-22(17(28)8-14(25)23(32)33)36-21-13-7-16(24(34)35)27-15(20(13)18(30)9-19(21)31)6-11-2-4-12(29)5-3-11/h2-5,9-10,14-16,27,29-31H,6-8,25H2,1H3,(H,32,33)(H,34,35)/t14?,15-,16-/m0/s1. The molecule has 36 heavy (non-hydrogen) atoms. The molecular formula is C24H26N4O7S. The van der Waals surface area contributed by atoms with Crippen molar-refractivity contribution in [3.63, 3.8) is 0 Å². The van der Waals surface area contributed by atoms with Crippen molar-refractivity contribution >= 4 is 23.7 Å². The number of carboxylic acid groups (broad SMARTS) is 2. The first-order valence-electron chi connectivity index (χ1n) is 11.1. The molecule has 0 spiro atoms. The Morgan fingerprint density at radius 2 is 1.89 bits per heavy atom. The lowest BCUT2D eigenvalue weighted by atomic mass is 9.86. The lowest BCUT2D eigenvalue weighted by molar-refractivity contribution is -0.140. The van der Waals surface area contributed by atoms with Gasteiger partial charge < -0.3 is 35.8 Å². The van der Waals surface area contributed by atoms with Crippen molar-refractivity contribution in [2.75, 3.05) is 0 Å². The number of phenolic OH excluding ortho intramolecular Hbond substituents is 3. The van der Waals surface area contributed by atoms with Crippen molar-refractivity contribution in [3.05, 3.63) is 59.0 Å². The van der Waals surface area contributed by atoms with Gasteiger partial charge in [-0.2, -0.15) is 0 Å². The summed E-state index contributed by atoms with van der Waals surface area (Å²) in [5.41, 5.74) is 8.00. The zero-order valence-electron chi connectivity index (χ0n) is 19.3. The fourth-order valence-electron chi connectivity index (χ4n) is 4.33. The smallest absolute Gasteiger partial charge is 0.321 e. The van der Waals surface area contributed by atoms with Crippen LogP contribution in [0.25, 0.3) is 0 Å². The average molecular weight is 515 g/mol. The number of aryl methyl sites for hydroxylation is 1. The largest absolute Gasteiger partial charge is 0.508 e. The number of aromatic nitrogens is 2. The number of aromatic hydroxyl groups is 3. The van der Waals surface area contributed by atoms with E-state index in [2.05, 4.69) is 10.3 Å². The molecule has 0 amide bonds. The van der Waals surface area contributed by atoms with Gasteiger partial charge in [0.15, 0.2) is 0 Å². The summed E-state index contributed by atoms with van der Waals surface area (Å²) in [6, 6.07) is 4.94. The van der Waals surface area contributed by atoms with Crippen LogP contribution >= 0.6 is 11.8 Å². The zero-order valence-corrected chi connectivity index (χ0v) is 20.1. The summed E-state index contributed by atoms with van der Waals surface area (Å²) in [6.45, 7) is 0. The molecule has 1 unspecified atom stereocenters. The Labute approximate surface area is 210 Å². The first kappa shape index (κ1) is 25.4.